The number of hydrogen-bond donors (Lipinski definition) is 1. The molecule has 26 heavy (non-hydrogen) atoms. The van der Waals surface area contributed by atoms with E-state index in [-0.39, 0.29) is 5.91 Å². The third-order valence-corrected chi connectivity index (χ3v) is 4.86. The van der Waals surface area contributed by atoms with Crippen LogP contribution >= 0.6 is 11.8 Å². The first kappa shape index (κ1) is 17.6. The van der Waals surface area contributed by atoms with Crippen molar-refractivity contribution in [2.45, 2.75) is 17.3 Å². The highest BCUT2D eigenvalue weighted by molar-refractivity contribution is 8.00. The number of para-hydroxylation sites is 1. The number of thioether (sulfide) groups is 1. The van der Waals surface area contributed by atoms with Crippen LogP contribution in [0.15, 0.2) is 53.9 Å². The average Bonchev–Trinajstić information content (AvgIpc) is 3.03. The van der Waals surface area contributed by atoms with Crippen molar-refractivity contribution >= 4 is 23.4 Å². The minimum atomic E-state index is -0.407. The Balaban J connectivity index is 1.72. The first-order valence-electron chi connectivity index (χ1n) is 7.86. The normalized spacial score (nSPS) is 11.6. The van der Waals surface area contributed by atoms with Gasteiger partial charge in [-0.25, -0.2) is 0 Å². The summed E-state index contributed by atoms with van der Waals surface area (Å²) >= 11 is 1.31. The highest BCUT2D eigenvalue weighted by Gasteiger charge is 2.20. The molecule has 0 fully saturated rings. The van der Waals surface area contributed by atoms with Crippen LogP contribution in [0.2, 0.25) is 0 Å². The minimum Gasteiger partial charge on any atom is -0.324 e. The van der Waals surface area contributed by atoms with Gasteiger partial charge in [0.1, 0.15) is 6.07 Å². The quantitative estimate of drug-likeness (QED) is 0.699. The van der Waals surface area contributed by atoms with Crippen LogP contribution in [-0.2, 0) is 11.8 Å². The van der Waals surface area contributed by atoms with Crippen LogP contribution in [0.25, 0.3) is 11.4 Å². The Hall–Kier alpha value is -3.18. The number of nitrogens with zero attached hydrogens (tertiary/aromatic N) is 5. The summed E-state index contributed by atoms with van der Waals surface area (Å²) in [6.07, 6.45) is 3.39. The zero-order valence-corrected chi connectivity index (χ0v) is 15.1. The van der Waals surface area contributed by atoms with Crippen molar-refractivity contribution in [3.8, 4) is 17.5 Å². The predicted octanol–water partition coefficient (Wildman–Crippen LogP) is 2.87. The number of amides is 1. The molecule has 3 rings (SSSR count). The zero-order chi connectivity index (χ0) is 18.5. The molecule has 130 valence electrons. The number of nitrogens with one attached hydrogen (secondary N) is 1. The van der Waals surface area contributed by atoms with Gasteiger partial charge in [-0.15, -0.1) is 10.2 Å². The van der Waals surface area contributed by atoms with E-state index in [1.54, 1.807) is 43.6 Å². The van der Waals surface area contributed by atoms with Crippen LogP contribution < -0.4 is 5.32 Å². The molecule has 8 heteroatoms. The van der Waals surface area contributed by atoms with E-state index in [1.165, 1.54) is 11.8 Å². The summed E-state index contributed by atoms with van der Waals surface area (Å²) in [5.41, 5.74) is 1.83. The highest BCUT2D eigenvalue weighted by Crippen LogP contribution is 2.26. The number of anilines is 1. The third kappa shape index (κ3) is 3.73. The van der Waals surface area contributed by atoms with E-state index in [0.717, 1.165) is 5.56 Å². The molecule has 0 aliphatic rings. The molecule has 2 heterocycles. The number of carbonyl (C=O) groups is 1. The van der Waals surface area contributed by atoms with Crippen LogP contribution in [0.3, 0.4) is 0 Å². The van der Waals surface area contributed by atoms with Gasteiger partial charge in [0.2, 0.25) is 5.91 Å². The van der Waals surface area contributed by atoms with Gasteiger partial charge < -0.3 is 9.88 Å². The highest BCUT2D eigenvalue weighted by atomic mass is 32.2. The largest absolute Gasteiger partial charge is 0.324 e. The molecule has 0 aliphatic carbocycles. The Morgan fingerprint density at radius 2 is 1.96 bits per heavy atom. The predicted molar refractivity (Wildman–Crippen MR) is 99.3 cm³/mol. The van der Waals surface area contributed by atoms with E-state index < -0.39 is 5.25 Å². The maximum atomic E-state index is 12.5. The Bertz CT molecular complexity index is 963. The standard InChI is InChI=1S/C18H16N6OS/c1-12(17(25)21-15-6-4-3-5-14(15)11-19)26-18-23-22-16(24(18)2)13-7-9-20-10-8-13/h3-10,12H,1-2H3,(H,21,25)/t12-/m1/s1. The lowest BCUT2D eigenvalue weighted by atomic mass is 10.2. The Morgan fingerprint density at radius 3 is 2.69 bits per heavy atom. The van der Waals surface area contributed by atoms with Crippen LogP contribution in [0.1, 0.15) is 12.5 Å². The summed E-state index contributed by atoms with van der Waals surface area (Å²) in [4.78, 5) is 16.5. The van der Waals surface area contributed by atoms with Crippen molar-refractivity contribution in [3.63, 3.8) is 0 Å². The molecule has 0 spiro atoms. The van der Waals surface area contributed by atoms with Crippen molar-refractivity contribution in [2.24, 2.45) is 7.05 Å². The van der Waals surface area contributed by atoms with Crippen molar-refractivity contribution in [2.75, 3.05) is 5.32 Å². The minimum absolute atomic E-state index is 0.203. The molecule has 1 amide bonds. The van der Waals surface area contributed by atoms with Crippen LogP contribution in [-0.4, -0.2) is 30.9 Å². The fourth-order valence-electron chi connectivity index (χ4n) is 2.31. The van der Waals surface area contributed by atoms with Gasteiger partial charge in [0.25, 0.3) is 0 Å². The maximum absolute atomic E-state index is 12.5. The van der Waals surface area contributed by atoms with Crippen molar-refractivity contribution in [3.05, 3.63) is 54.4 Å². The fraction of sp³-hybridized carbons (Fsp3) is 0.167. The molecule has 3 aromatic rings. The molecule has 0 saturated carbocycles. The molecule has 2 aromatic heterocycles. The fourth-order valence-corrected chi connectivity index (χ4v) is 3.12. The first-order chi connectivity index (χ1) is 12.6. The van der Waals surface area contributed by atoms with Crippen LogP contribution in [0.5, 0.6) is 0 Å². The van der Waals surface area contributed by atoms with Gasteiger partial charge in [-0.3, -0.25) is 9.78 Å². The molecule has 7 nitrogen and oxygen atoms in total. The average molecular weight is 364 g/mol. The van der Waals surface area contributed by atoms with Crippen LogP contribution in [0.4, 0.5) is 5.69 Å². The summed E-state index contributed by atoms with van der Waals surface area (Å²) in [5, 5.41) is 20.5. The summed E-state index contributed by atoms with van der Waals surface area (Å²) < 4.78 is 1.84. The van der Waals surface area contributed by atoms with Gasteiger partial charge in [0.15, 0.2) is 11.0 Å². The Labute approximate surface area is 155 Å². The van der Waals surface area contributed by atoms with E-state index in [2.05, 4.69) is 26.6 Å². The van der Waals surface area contributed by atoms with Gasteiger partial charge >= 0.3 is 0 Å². The number of rotatable bonds is 5. The second-order valence-corrected chi connectivity index (χ2v) is 6.82. The molecular formula is C18H16N6OS. The number of nitriles is 1. The second-order valence-electron chi connectivity index (χ2n) is 5.51. The van der Waals surface area contributed by atoms with Gasteiger partial charge in [-0.05, 0) is 31.2 Å². The summed E-state index contributed by atoms with van der Waals surface area (Å²) in [6.45, 7) is 1.79. The number of carbonyl (C=O) groups excluding carboxylic acids is 1. The van der Waals surface area contributed by atoms with Crippen LogP contribution in [0, 0.1) is 11.3 Å². The molecule has 0 bridgehead atoms. The van der Waals surface area contributed by atoms with Gasteiger partial charge in [-0.2, -0.15) is 5.26 Å². The van der Waals surface area contributed by atoms with E-state index in [4.69, 9.17) is 5.26 Å². The molecule has 1 N–H and O–H groups in total. The monoisotopic (exact) mass is 364 g/mol. The molecule has 1 aromatic carbocycles. The summed E-state index contributed by atoms with van der Waals surface area (Å²) in [5.74, 6) is 0.503. The second kappa shape index (κ2) is 7.80. The molecule has 0 saturated heterocycles. The van der Waals surface area contributed by atoms with E-state index in [9.17, 15) is 4.79 Å². The van der Waals surface area contributed by atoms with Gasteiger partial charge in [0, 0.05) is 25.0 Å². The SMILES string of the molecule is C[C@@H](Sc1nnc(-c2ccncc2)n1C)C(=O)Nc1ccccc1C#N. The van der Waals surface area contributed by atoms with Crippen molar-refractivity contribution in [1.82, 2.24) is 19.7 Å². The number of pyridine rings is 1. The zero-order valence-electron chi connectivity index (χ0n) is 14.2. The maximum Gasteiger partial charge on any atom is 0.237 e. The Kier molecular flexibility index (Phi) is 5.29. The van der Waals surface area contributed by atoms with Crippen molar-refractivity contribution in [1.29, 1.82) is 5.26 Å². The lowest BCUT2D eigenvalue weighted by Crippen LogP contribution is -2.23. The Morgan fingerprint density at radius 1 is 1.23 bits per heavy atom. The first-order valence-corrected chi connectivity index (χ1v) is 8.74. The molecule has 0 radical (unpaired) electrons. The molecule has 0 aliphatic heterocycles. The van der Waals surface area contributed by atoms with E-state index in [1.807, 2.05) is 23.7 Å². The molecule has 0 unspecified atom stereocenters. The molecular weight excluding hydrogens is 348 g/mol. The lowest BCUT2D eigenvalue weighted by molar-refractivity contribution is -0.115. The number of benzene rings is 1. The smallest absolute Gasteiger partial charge is 0.237 e. The molecule has 1 atom stereocenters. The number of hydrogen-bond acceptors (Lipinski definition) is 6. The van der Waals surface area contributed by atoms with Crippen molar-refractivity contribution < 1.29 is 4.79 Å². The van der Waals surface area contributed by atoms with Gasteiger partial charge in [0.05, 0.1) is 16.5 Å². The topological polar surface area (TPSA) is 96.5 Å². The number of aromatic nitrogens is 4. The summed E-state index contributed by atoms with van der Waals surface area (Å²) in [7, 11) is 1.85. The van der Waals surface area contributed by atoms with Gasteiger partial charge in [-0.1, -0.05) is 23.9 Å². The lowest BCUT2D eigenvalue weighted by Gasteiger charge is -2.12. The van der Waals surface area contributed by atoms with E-state index >= 15 is 0 Å². The third-order valence-electron chi connectivity index (χ3n) is 3.73. The van der Waals surface area contributed by atoms with E-state index in [0.29, 0.717) is 22.2 Å². The summed E-state index contributed by atoms with van der Waals surface area (Å²) in [6, 6.07) is 12.7.